The Morgan fingerprint density at radius 1 is 1.26 bits per heavy atom. The highest BCUT2D eigenvalue weighted by Crippen LogP contribution is 2.27. The van der Waals surface area contributed by atoms with Crippen LogP contribution in [0.2, 0.25) is 0 Å². The minimum Gasteiger partial charge on any atom is -0.322 e. The molecule has 2 aliphatic heterocycles. The lowest BCUT2D eigenvalue weighted by Gasteiger charge is -2.29. The molecule has 1 aromatic carbocycles. The number of halogens is 1. The van der Waals surface area contributed by atoms with E-state index in [9.17, 15) is 18.8 Å². The first kappa shape index (κ1) is 11.8. The molecule has 1 saturated heterocycles. The third kappa shape index (κ3) is 1.89. The van der Waals surface area contributed by atoms with Gasteiger partial charge in [0.05, 0.1) is 0 Å². The zero-order chi connectivity index (χ0) is 13.6. The van der Waals surface area contributed by atoms with Gasteiger partial charge >= 0.3 is 0 Å². The van der Waals surface area contributed by atoms with Crippen molar-refractivity contribution in [2.75, 3.05) is 0 Å². The monoisotopic (exact) mass is 262 g/mol. The summed E-state index contributed by atoms with van der Waals surface area (Å²) in [6, 6.07) is 3.31. The van der Waals surface area contributed by atoms with Crippen LogP contribution in [0.15, 0.2) is 18.2 Å². The van der Waals surface area contributed by atoms with Crippen molar-refractivity contribution in [1.82, 2.24) is 10.2 Å². The summed E-state index contributed by atoms with van der Waals surface area (Å²) >= 11 is 0. The van der Waals surface area contributed by atoms with Gasteiger partial charge in [0.25, 0.3) is 5.91 Å². The molecule has 2 aliphatic rings. The Hall–Kier alpha value is -2.24. The van der Waals surface area contributed by atoms with Gasteiger partial charge in [0.2, 0.25) is 11.8 Å². The summed E-state index contributed by atoms with van der Waals surface area (Å²) in [6.07, 6.45) is 0.526. The standard InChI is InChI=1S/C13H11FN2O3/c14-8-1-2-9-7(5-8)6-16(13(9)19)10-3-4-11(17)15-12(10)18/h1-2,5,10H,3-4,6H2,(H,15,17,18). The van der Waals surface area contributed by atoms with E-state index in [1.165, 1.54) is 23.1 Å². The van der Waals surface area contributed by atoms with Crippen LogP contribution in [0.25, 0.3) is 0 Å². The highest BCUT2D eigenvalue weighted by atomic mass is 19.1. The molecule has 3 amide bonds. The summed E-state index contributed by atoms with van der Waals surface area (Å²) < 4.78 is 13.1. The van der Waals surface area contributed by atoms with Crippen molar-refractivity contribution < 1.29 is 18.8 Å². The first-order chi connectivity index (χ1) is 9.06. The quantitative estimate of drug-likeness (QED) is 0.753. The number of fused-ring (bicyclic) bond motifs is 1. The zero-order valence-corrected chi connectivity index (χ0v) is 9.98. The van der Waals surface area contributed by atoms with Crippen LogP contribution in [-0.4, -0.2) is 28.7 Å². The van der Waals surface area contributed by atoms with Crippen LogP contribution >= 0.6 is 0 Å². The normalized spacial score (nSPS) is 22.5. The molecule has 0 saturated carbocycles. The summed E-state index contributed by atoms with van der Waals surface area (Å²) in [7, 11) is 0. The van der Waals surface area contributed by atoms with Gasteiger partial charge in [0, 0.05) is 18.5 Å². The minimum atomic E-state index is -0.652. The molecule has 0 aliphatic carbocycles. The van der Waals surface area contributed by atoms with Gasteiger partial charge in [-0.25, -0.2) is 4.39 Å². The maximum Gasteiger partial charge on any atom is 0.255 e. The van der Waals surface area contributed by atoms with E-state index in [4.69, 9.17) is 0 Å². The van der Waals surface area contributed by atoms with Crippen LogP contribution in [0.3, 0.4) is 0 Å². The third-order valence-electron chi connectivity index (χ3n) is 3.49. The van der Waals surface area contributed by atoms with E-state index in [0.717, 1.165) is 0 Å². The second-order valence-electron chi connectivity index (χ2n) is 4.70. The number of rotatable bonds is 1. The first-order valence-corrected chi connectivity index (χ1v) is 5.99. The predicted molar refractivity (Wildman–Crippen MR) is 62.4 cm³/mol. The third-order valence-corrected chi connectivity index (χ3v) is 3.49. The Labute approximate surface area is 108 Å². The maximum atomic E-state index is 13.1. The lowest BCUT2D eigenvalue weighted by molar-refractivity contribution is -0.136. The Kier molecular flexibility index (Phi) is 2.58. The number of carbonyl (C=O) groups is 3. The molecule has 1 aromatic rings. The van der Waals surface area contributed by atoms with Gasteiger partial charge in [-0.05, 0) is 30.2 Å². The molecule has 98 valence electrons. The van der Waals surface area contributed by atoms with Gasteiger partial charge in [0.15, 0.2) is 0 Å². The fourth-order valence-corrected chi connectivity index (χ4v) is 2.54. The van der Waals surface area contributed by atoms with Crippen LogP contribution in [0, 0.1) is 5.82 Å². The molecular formula is C13H11FN2O3. The molecule has 1 fully saturated rings. The second-order valence-corrected chi connectivity index (χ2v) is 4.70. The summed E-state index contributed by atoms with van der Waals surface area (Å²) in [5, 5.41) is 2.22. The molecule has 6 heteroatoms. The van der Waals surface area contributed by atoms with E-state index in [1.54, 1.807) is 0 Å². The number of benzene rings is 1. The number of hydrogen-bond acceptors (Lipinski definition) is 3. The molecule has 19 heavy (non-hydrogen) atoms. The molecule has 1 atom stereocenters. The summed E-state index contributed by atoms with van der Waals surface area (Å²) in [6.45, 7) is 0.207. The van der Waals surface area contributed by atoms with Crippen molar-refractivity contribution >= 4 is 17.7 Å². The maximum absolute atomic E-state index is 13.1. The van der Waals surface area contributed by atoms with Gasteiger partial charge in [-0.2, -0.15) is 0 Å². The smallest absolute Gasteiger partial charge is 0.255 e. The van der Waals surface area contributed by atoms with Gasteiger partial charge < -0.3 is 4.90 Å². The van der Waals surface area contributed by atoms with Crippen molar-refractivity contribution in [3.05, 3.63) is 35.1 Å². The Morgan fingerprint density at radius 2 is 2.05 bits per heavy atom. The Bertz CT molecular complexity index is 600. The number of hydrogen-bond donors (Lipinski definition) is 1. The molecule has 0 radical (unpaired) electrons. The summed E-state index contributed by atoms with van der Waals surface area (Å²) in [5.74, 6) is -1.48. The molecule has 1 unspecified atom stereocenters. The Morgan fingerprint density at radius 3 is 2.79 bits per heavy atom. The number of amides is 3. The number of nitrogens with zero attached hydrogens (tertiary/aromatic N) is 1. The van der Waals surface area contributed by atoms with Crippen molar-refractivity contribution in [3.63, 3.8) is 0 Å². The van der Waals surface area contributed by atoms with Crippen molar-refractivity contribution in [3.8, 4) is 0 Å². The molecule has 1 N–H and O–H groups in total. The lowest BCUT2D eigenvalue weighted by atomic mass is 10.0. The van der Waals surface area contributed by atoms with E-state index in [-0.39, 0.29) is 24.8 Å². The molecule has 2 heterocycles. The fourth-order valence-electron chi connectivity index (χ4n) is 2.54. The number of nitrogens with one attached hydrogen (secondary N) is 1. The SMILES string of the molecule is O=C1CCC(N2Cc3cc(F)ccc3C2=O)C(=O)N1. The molecule has 0 aromatic heterocycles. The average molecular weight is 262 g/mol. The van der Waals surface area contributed by atoms with Crippen molar-refractivity contribution in [2.45, 2.75) is 25.4 Å². The van der Waals surface area contributed by atoms with Crippen LogP contribution in [0.1, 0.15) is 28.8 Å². The number of piperidine rings is 1. The van der Waals surface area contributed by atoms with E-state index in [0.29, 0.717) is 17.5 Å². The zero-order valence-electron chi connectivity index (χ0n) is 9.98. The molecule has 0 spiro atoms. The number of imide groups is 1. The predicted octanol–water partition coefficient (Wildman–Crippen LogP) is 0.587. The molecule has 0 bridgehead atoms. The summed E-state index contributed by atoms with van der Waals surface area (Å²) in [5.41, 5.74) is 1.00. The van der Waals surface area contributed by atoms with E-state index < -0.39 is 17.8 Å². The number of carbonyl (C=O) groups excluding carboxylic acids is 3. The largest absolute Gasteiger partial charge is 0.322 e. The second kappa shape index (κ2) is 4.15. The lowest BCUT2D eigenvalue weighted by Crippen LogP contribution is -2.52. The van der Waals surface area contributed by atoms with Crippen LogP contribution in [0.4, 0.5) is 4.39 Å². The van der Waals surface area contributed by atoms with Crippen LogP contribution in [0.5, 0.6) is 0 Å². The highest BCUT2D eigenvalue weighted by molar-refractivity contribution is 6.05. The topological polar surface area (TPSA) is 66.5 Å². The van der Waals surface area contributed by atoms with E-state index in [2.05, 4.69) is 5.32 Å². The van der Waals surface area contributed by atoms with Gasteiger partial charge in [0.1, 0.15) is 11.9 Å². The molecule has 3 rings (SSSR count). The Balaban J connectivity index is 1.87. The van der Waals surface area contributed by atoms with Crippen LogP contribution < -0.4 is 5.32 Å². The highest BCUT2D eigenvalue weighted by Gasteiger charge is 2.38. The van der Waals surface area contributed by atoms with E-state index >= 15 is 0 Å². The van der Waals surface area contributed by atoms with Gasteiger partial charge in [-0.3, -0.25) is 19.7 Å². The van der Waals surface area contributed by atoms with Gasteiger partial charge in [-0.1, -0.05) is 0 Å². The van der Waals surface area contributed by atoms with Crippen molar-refractivity contribution in [2.24, 2.45) is 0 Å². The molecule has 5 nitrogen and oxygen atoms in total. The van der Waals surface area contributed by atoms with Crippen LogP contribution in [-0.2, 0) is 16.1 Å². The summed E-state index contributed by atoms with van der Waals surface area (Å²) in [4.78, 5) is 36.4. The fraction of sp³-hybridized carbons (Fsp3) is 0.308. The average Bonchev–Trinajstić information content (AvgIpc) is 2.66. The molecular weight excluding hydrogens is 251 g/mol. The van der Waals surface area contributed by atoms with Gasteiger partial charge in [-0.15, -0.1) is 0 Å². The van der Waals surface area contributed by atoms with Crippen molar-refractivity contribution in [1.29, 1.82) is 0 Å². The first-order valence-electron chi connectivity index (χ1n) is 5.99. The minimum absolute atomic E-state index is 0.207. The van der Waals surface area contributed by atoms with E-state index in [1.807, 2.05) is 0 Å².